The van der Waals surface area contributed by atoms with Crippen LogP contribution in [0, 0.1) is 11.3 Å². The van der Waals surface area contributed by atoms with Crippen LogP contribution in [-0.2, 0) is 4.79 Å². The maximum atomic E-state index is 9.00. The molecule has 0 aliphatic carbocycles. The lowest BCUT2D eigenvalue weighted by Gasteiger charge is -1.99. The maximum absolute atomic E-state index is 9.00. The number of hydrogen-bond donors (Lipinski definition) is 2. The van der Waals surface area contributed by atoms with Crippen LogP contribution < -0.4 is 0 Å². The van der Waals surface area contributed by atoms with Gasteiger partial charge in [-0.1, -0.05) is 53.7 Å². The van der Waals surface area contributed by atoms with E-state index in [0.717, 1.165) is 11.4 Å². The molecule has 0 aromatic heterocycles. The van der Waals surface area contributed by atoms with E-state index in [0.29, 0.717) is 12.3 Å². The Bertz CT molecular complexity index is 279. The fourth-order valence-corrected chi connectivity index (χ4v) is 0.713. The summed E-state index contributed by atoms with van der Waals surface area (Å²) in [4.78, 5) is 9.00. The molecule has 3 nitrogen and oxygen atoms in total. The summed E-state index contributed by atoms with van der Waals surface area (Å²) < 4.78 is 0.985. The molecular formula is C12H18BrNO2. The predicted molar refractivity (Wildman–Crippen MR) is 72.2 cm³/mol. The fourth-order valence-electron chi connectivity index (χ4n) is 0.560. The summed E-state index contributed by atoms with van der Waals surface area (Å²) in [7, 11) is 0. The molecule has 0 saturated carbocycles. The molecule has 1 unspecified atom stereocenters. The highest BCUT2D eigenvalue weighted by atomic mass is 79.9. The van der Waals surface area contributed by atoms with E-state index in [1.54, 1.807) is 0 Å². The van der Waals surface area contributed by atoms with E-state index in [4.69, 9.17) is 15.3 Å². The highest BCUT2D eigenvalue weighted by Crippen LogP contribution is 2.15. The second kappa shape index (κ2) is 11.9. The van der Waals surface area contributed by atoms with Crippen LogP contribution >= 0.6 is 15.9 Å². The van der Waals surface area contributed by atoms with Crippen molar-refractivity contribution in [2.75, 3.05) is 0 Å². The first-order valence-electron chi connectivity index (χ1n) is 4.77. The van der Waals surface area contributed by atoms with Crippen molar-refractivity contribution in [2.24, 2.45) is 5.92 Å². The molecule has 4 heteroatoms. The third-order valence-corrected chi connectivity index (χ3v) is 2.12. The third kappa shape index (κ3) is 18.6. The Kier molecular flexibility index (Phi) is 12.8. The van der Waals surface area contributed by atoms with E-state index in [1.807, 2.05) is 18.2 Å². The largest absolute Gasteiger partial charge is 0.481 e. The zero-order chi connectivity index (χ0) is 13.0. The van der Waals surface area contributed by atoms with Gasteiger partial charge in [0.15, 0.2) is 0 Å². The Morgan fingerprint density at radius 2 is 2.06 bits per heavy atom. The average molecular weight is 288 g/mol. The standard InChI is InChI=1S/C10H14BrN.C2H4O2/c1-9(10(2)11)7-5-3-4-6-8-12;1-2(3)4/h3-5,7-9,12H,2,6H2,1H3;1H3,(H,3,4)/b4-3-,7-5-,12-8?;. The smallest absolute Gasteiger partial charge is 0.300 e. The second-order valence-corrected chi connectivity index (χ2v) is 4.03. The van der Waals surface area contributed by atoms with Gasteiger partial charge >= 0.3 is 0 Å². The lowest BCUT2D eigenvalue weighted by atomic mass is 10.1. The molecule has 0 amide bonds. The highest BCUT2D eigenvalue weighted by Gasteiger charge is 1.95. The van der Waals surface area contributed by atoms with Gasteiger partial charge < -0.3 is 10.5 Å². The highest BCUT2D eigenvalue weighted by molar-refractivity contribution is 9.11. The summed E-state index contributed by atoms with van der Waals surface area (Å²) in [5.41, 5.74) is 0. The molecule has 0 aromatic carbocycles. The second-order valence-electron chi connectivity index (χ2n) is 3.01. The van der Waals surface area contributed by atoms with Gasteiger partial charge in [0.1, 0.15) is 0 Å². The minimum Gasteiger partial charge on any atom is -0.481 e. The van der Waals surface area contributed by atoms with Crippen molar-refractivity contribution in [1.82, 2.24) is 0 Å². The van der Waals surface area contributed by atoms with Crippen LogP contribution in [0.2, 0.25) is 0 Å². The van der Waals surface area contributed by atoms with Gasteiger partial charge in [-0.3, -0.25) is 4.79 Å². The number of carboxylic acid groups (broad SMARTS) is 1. The Hall–Kier alpha value is -1.16. The van der Waals surface area contributed by atoms with Crippen LogP contribution in [-0.4, -0.2) is 17.3 Å². The van der Waals surface area contributed by atoms with E-state index in [9.17, 15) is 0 Å². The van der Waals surface area contributed by atoms with Gasteiger partial charge in [-0.25, -0.2) is 0 Å². The van der Waals surface area contributed by atoms with Crippen molar-refractivity contribution >= 4 is 28.1 Å². The summed E-state index contributed by atoms with van der Waals surface area (Å²) in [6.07, 6.45) is 9.98. The first-order chi connectivity index (χ1) is 7.41. The first-order valence-corrected chi connectivity index (χ1v) is 5.57. The van der Waals surface area contributed by atoms with Crippen molar-refractivity contribution in [1.29, 1.82) is 5.41 Å². The number of halogens is 1. The van der Waals surface area contributed by atoms with Gasteiger partial charge in [-0.15, -0.1) is 0 Å². The molecule has 0 radical (unpaired) electrons. The lowest BCUT2D eigenvalue weighted by Crippen LogP contribution is -1.84. The molecule has 0 spiro atoms. The molecule has 0 bridgehead atoms. The SMILES string of the molecule is C=C(Br)C(C)/C=C\C=C/CC=N.CC(=O)O. The van der Waals surface area contributed by atoms with E-state index in [1.165, 1.54) is 6.21 Å². The van der Waals surface area contributed by atoms with E-state index < -0.39 is 5.97 Å². The Morgan fingerprint density at radius 3 is 2.44 bits per heavy atom. The molecule has 0 fully saturated rings. The maximum Gasteiger partial charge on any atom is 0.300 e. The van der Waals surface area contributed by atoms with Crippen molar-refractivity contribution < 1.29 is 9.90 Å². The number of allylic oxidation sites excluding steroid dienone is 5. The van der Waals surface area contributed by atoms with Crippen LogP contribution in [0.3, 0.4) is 0 Å². The lowest BCUT2D eigenvalue weighted by molar-refractivity contribution is -0.134. The molecule has 16 heavy (non-hydrogen) atoms. The predicted octanol–water partition coefficient (Wildman–Crippen LogP) is 3.77. The minimum absolute atomic E-state index is 0.356. The van der Waals surface area contributed by atoms with E-state index in [-0.39, 0.29) is 0 Å². The Balaban J connectivity index is 0. The van der Waals surface area contributed by atoms with Gasteiger partial charge in [0.25, 0.3) is 5.97 Å². The zero-order valence-corrected chi connectivity index (χ0v) is 11.2. The molecule has 0 rings (SSSR count). The summed E-state index contributed by atoms with van der Waals surface area (Å²) in [6, 6.07) is 0. The first kappa shape index (κ1) is 17.2. The molecule has 0 heterocycles. The van der Waals surface area contributed by atoms with Crippen molar-refractivity contribution in [3.05, 3.63) is 35.4 Å². The number of nitrogens with one attached hydrogen (secondary N) is 1. The summed E-state index contributed by atoms with van der Waals surface area (Å²) in [5, 5.41) is 14.2. The molecule has 0 aliphatic rings. The fraction of sp³-hybridized carbons (Fsp3) is 0.333. The number of aliphatic carboxylic acids is 1. The molecule has 1 atom stereocenters. The van der Waals surface area contributed by atoms with Crippen LogP contribution in [0.15, 0.2) is 35.4 Å². The summed E-state index contributed by atoms with van der Waals surface area (Å²) in [5.74, 6) is -0.477. The van der Waals surface area contributed by atoms with Crippen LogP contribution in [0.4, 0.5) is 0 Å². The number of hydrogen-bond acceptors (Lipinski definition) is 2. The third-order valence-electron chi connectivity index (χ3n) is 1.39. The van der Waals surface area contributed by atoms with Crippen molar-refractivity contribution in [3.63, 3.8) is 0 Å². The Morgan fingerprint density at radius 1 is 1.56 bits per heavy atom. The zero-order valence-electron chi connectivity index (χ0n) is 9.61. The number of carboxylic acids is 1. The monoisotopic (exact) mass is 287 g/mol. The molecule has 2 N–H and O–H groups in total. The molecular weight excluding hydrogens is 270 g/mol. The topological polar surface area (TPSA) is 61.2 Å². The van der Waals surface area contributed by atoms with Gasteiger partial charge in [-0.2, -0.15) is 0 Å². The normalized spacial score (nSPS) is 11.9. The summed E-state index contributed by atoms with van der Waals surface area (Å²) in [6.45, 7) is 6.93. The van der Waals surface area contributed by atoms with Crippen LogP contribution in [0.5, 0.6) is 0 Å². The van der Waals surface area contributed by atoms with Crippen LogP contribution in [0.1, 0.15) is 20.3 Å². The molecule has 0 aliphatic heterocycles. The molecule has 0 aromatic rings. The summed E-state index contributed by atoms with van der Waals surface area (Å²) >= 11 is 3.32. The quantitative estimate of drug-likeness (QED) is 0.597. The molecule has 90 valence electrons. The van der Waals surface area contributed by atoms with E-state index in [2.05, 4.69) is 35.5 Å². The van der Waals surface area contributed by atoms with Crippen LogP contribution in [0.25, 0.3) is 0 Å². The number of carbonyl (C=O) groups is 1. The van der Waals surface area contributed by atoms with Gasteiger partial charge in [0.05, 0.1) is 0 Å². The number of rotatable bonds is 5. The van der Waals surface area contributed by atoms with Crippen molar-refractivity contribution in [2.45, 2.75) is 20.3 Å². The van der Waals surface area contributed by atoms with Gasteiger partial charge in [-0.05, 0) is 10.7 Å². The Labute approximate surface area is 105 Å². The average Bonchev–Trinajstić information content (AvgIpc) is 2.16. The minimum atomic E-state index is -0.833. The molecule has 0 saturated heterocycles. The van der Waals surface area contributed by atoms with Gasteiger partial charge in [0.2, 0.25) is 0 Å². The van der Waals surface area contributed by atoms with E-state index >= 15 is 0 Å². The van der Waals surface area contributed by atoms with Gasteiger partial charge in [0, 0.05) is 19.3 Å². The van der Waals surface area contributed by atoms with Crippen molar-refractivity contribution in [3.8, 4) is 0 Å².